The van der Waals surface area contributed by atoms with E-state index in [4.69, 9.17) is 14.7 Å². The molecule has 0 amide bonds. The smallest absolute Gasteiger partial charge is 0.341 e. The van der Waals surface area contributed by atoms with E-state index in [0.29, 0.717) is 22.7 Å². The molecule has 0 unspecified atom stereocenters. The van der Waals surface area contributed by atoms with Crippen LogP contribution in [-0.2, 0) is 4.74 Å². The highest BCUT2D eigenvalue weighted by Gasteiger charge is 2.22. The highest BCUT2D eigenvalue weighted by molar-refractivity contribution is 5.90. The maximum Gasteiger partial charge on any atom is 0.341 e. The van der Waals surface area contributed by atoms with E-state index < -0.39 is 5.97 Å². The predicted molar refractivity (Wildman–Crippen MR) is 102 cm³/mol. The normalized spacial score (nSPS) is 10.5. The monoisotopic (exact) mass is 376 g/mol. The number of carbonyl (C=O) groups is 1. The number of ether oxygens (including phenoxy) is 2. The Morgan fingerprint density at radius 2 is 1.96 bits per heavy atom. The molecule has 2 heterocycles. The van der Waals surface area contributed by atoms with Crippen molar-refractivity contribution in [2.75, 3.05) is 13.2 Å². The Morgan fingerprint density at radius 3 is 2.61 bits per heavy atom. The first-order valence-corrected chi connectivity index (χ1v) is 8.89. The summed E-state index contributed by atoms with van der Waals surface area (Å²) in [6, 6.07) is 14.3. The lowest BCUT2D eigenvalue weighted by atomic mass is 10.1. The minimum Gasteiger partial charge on any atom is -0.490 e. The van der Waals surface area contributed by atoms with Gasteiger partial charge in [0.2, 0.25) is 0 Å². The summed E-state index contributed by atoms with van der Waals surface area (Å²) in [7, 11) is 0. The third kappa shape index (κ3) is 4.35. The van der Waals surface area contributed by atoms with Gasteiger partial charge in [0, 0.05) is 6.20 Å². The van der Waals surface area contributed by atoms with Crippen LogP contribution in [0, 0.1) is 11.3 Å². The maximum absolute atomic E-state index is 12.5. The molecule has 0 N–H and O–H groups in total. The molecular formula is C21H20N4O3. The van der Waals surface area contributed by atoms with Crippen LogP contribution in [-0.4, -0.2) is 33.9 Å². The number of pyridine rings is 1. The number of hydrogen-bond donors (Lipinski definition) is 0. The lowest BCUT2D eigenvalue weighted by molar-refractivity contribution is 0.0448. The van der Waals surface area contributed by atoms with E-state index in [9.17, 15) is 4.79 Å². The molecule has 0 saturated carbocycles. The van der Waals surface area contributed by atoms with E-state index in [-0.39, 0.29) is 19.1 Å². The van der Waals surface area contributed by atoms with Crippen molar-refractivity contribution in [3.63, 3.8) is 0 Å². The molecule has 28 heavy (non-hydrogen) atoms. The number of nitriles is 1. The Bertz CT molecular complexity index is 973. The molecule has 3 aromatic rings. The van der Waals surface area contributed by atoms with E-state index in [1.54, 1.807) is 35.1 Å². The maximum atomic E-state index is 12.5. The molecule has 0 aliphatic carbocycles. The number of nitrogens with zero attached hydrogens (tertiary/aromatic N) is 4. The first-order valence-electron chi connectivity index (χ1n) is 8.89. The van der Waals surface area contributed by atoms with Crippen LogP contribution in [0.5, 0.6) is 5.75 Å². The van der Waals surface area contributed by atoms with Crippen LogP contribution in [0.2, 0.25) is 0 Å². The van der Waals surface area contributed by atoms with Crippen molar-refractivity contribution in [1.82, 2.24) is 14.8 Å². The average Bonchev–Trinajstić information content (AvgIpc) is 3.18. The number of carbonyl (C=O) groups excluding carboxylic acids is 1. The molecule has 142 valence electrons. The van der Waals surface area contributed by atoms with E-state index in [0.717, 1.165) is 5.69 Å². The molecule has 7 nitrogen and oxygen atoms in total. The molecular weight excluding hydrogens is 356 g/mol. The second kappa shape index (κ2) is 8.82. The van der Waals surface area contributed by atoms with Crippen molar-refractivity contribution in [3.8, 4) is 17.6 Å². The minimum atomic E-state index is -0.450. The fourth-order valence-electron chi connectivity index (χ4n) is 2.73. The van der Waals surface area contributed by atoms with Gasteiger partial charge in [0.05, 0.1) is 23.5 Å². The molecule has 0 saturated heterocycles. The molecule has 7 heteroatoms. The molecule has 0 aliphatic rings. The van der Waals surface area contributed by atoms with Gasteiger partial charge >= 0.3 is 5.97 Å². The standard InChI is InChI=1S/C21H20N4O3/c1-15(2)20-18(14-24-25(20)19-5-3-4-10-23-19)21(26)28-12-11-27-17-8-6-16(13-22)7-9-17/h3-10,14-15H,11-12H2,1-2H3. The van der Waals surface area contributed by atoms with Crippen molar-refractivity contribution in [1.29, 1.82) is 5.26 Å². The van der Waals surface area contributed by atoms with Gasteiger partial charge < -0.3 is 9.47 Å². The topological polar surface area (TPSA) is 90.0 Å². The number of hydrogen-bond acceptors (Lipinski definition) is 6. The van der Waals surface area contributed by atoms with Gasteiger partial charge in [0.25, 0.3) is 0 Å². The third-order valence-corrected chi connectivity index (χ3v) is 4.01. The first-order chi connectivity index (χ1) is 13.6. The lowest BCUT2D eigenvalue weighted by Gasteiger charge is -2.12. The fraction of sp³-hybridized carbons (Fsp3) is 0.238. The predicted octanol–water partition coefficient (Wildman–Crippen LogP) is 3.50. The molecule has 1 aromatic carbocycles. The van der Waals surface area contributed by atoms with Crippen molar-refractivity contribution in [2.45, 2.75) is 19.8 Å². The Morgan fingerprint density at radius 1 is 1.18 bits per heavy atom. The zero-order valence-corrected chi connectivity index (χ0v) is 15.7. The number of aromatic nitrogens is 3. The molecule has 0 bridgehead atoms. The van der Waals surface area contributed by atoms with Crippen LogP contribution >= 0.6 is 0 Å². The SMILES string of the molecule is CC(C)c1c(C(=O)OCCOc2ccc(C#N)cc2)cnn1-c1ccccn1. The summed E-state index contributed by atoms with van der Waals surface area (Å²) in [6.07, 6.45) is 3.19. The molecule has 3 rings (SSSR count). The summed E-state index contributed by atoms with van der Waals surface area (Å²) >= 11 is 0. The van der Waals surface area contributed by atoms with Gasteiger partial charge in [-0.25, -0.2) is 14.5 Å². The lowest BCUT2D eigenvalue weighted by Crippen LogP contribution is -2.15. The molecule has 0 radical (unpaired) electrons. The van der Waals surface area contributed by atoms with Crippen LogP contribution in [0.25, 0.3) is 5.82 Å². The van der Waals surface area contributed by atoms with Gasteiger partial charge in [-0.2, -0.15) is 10.4 Å². The Balaban J connectivity index is 1.62. The summed E-state index contributed by atoms with van der Waals surface area (Å²) in [5, 5.41) is 13.1. The molecule has 0 aliphatic heterocycles. The van der Waals surface area contributed by atoms with Gasteiger partial charge in [-0.15, -0.1) is 0 Å². The largest absolute Gasteiger partial charge is 0.490 e. The highest BCUT2D eigenvalue weighted by Crippen LogP contribution is 2.23. The van der Waals surface area contributed by atoms with Gasteiger partial charge in [0.1, 0.15) is 24.5 Å². The first kappa shape index (κ1) is 19.1. The van der Waals surface area contributed by atoms with Crippen LogP contribution in [0.3, 0.4) is 0 Å². The quantitative estimate of drug-likeness (QED) is 0.463. The van der Waals surface area contributed by atoms with E-state index in [1.807, 2.05) is 38.1 Å². The van der Waals surface area contributed by atoms with Crippen molar-refractivity contribution in [3.05, 3.63) is 71.7 Å². The molecule has 0 spiro atoms. The molecule has 0 atom stereocenters. The summed E-state index contributed by atoms with van der Waals surface area (Å²) < 4.78 is 12.5. The van der Waals surface area contributed by atoms with Gasteiger partial charge in [-0.1, -0.05) is 19.9 Å². The van der Waals surface area contributed by atoms with Crippen LogP contribution < -0.4 is 4.74 Å². The Hall–Kier alpha value is -3.66. The number of esters is 1. The van der Waals surface area contributed by atoms with Crippen molar-refractivity contribution < 1.29 is 14.3 Å². The number of benzene rings is 1. The average molecular weight is 376 g/mol. The van der Waals surface area contributed by atoms with Gasteiger partial charge in [-0.3, -0.25) is 0 Å². The summed E-state index contributed by atoms with van der Waals surface area (Å²) in [6.45, 7) is 4.29. The summed E-state index contributed by atoms with van der Waals surface area (Å²) in [5.41, 5.74) is 1.72. The second-order valence-corrected chi connectivity index (χ2v) is 6.32. The van der Waals surface area contributed by atoms with E-state index in [2.05, 4.69) is 10.1 Å². The second-order valence-electron chi connectivity index (χ2n) is 6.32. The fourth-order valence-corrected chi connectivity index (χ4v) is 2.73. The zero-order chi connectivity index (χ0) is 19.9. The van der Waals surface area contributed by atoms with Crippen LogP contribution in [0.1, 0.15) is 41.4 Å². The van der Waals surface area contributed by atoms with Crippen molar-refractivity contribution >= 4 is 5.97 Å². The Labute approximate surface area is 163 Å². The van der Waals surface area contributed by atoms with E-state index in [1.165, 1.54) is 6.20 Å². The number of rotatable bonds is 7. The zero-order valence-electron chi connectivity index (χ0n) is 15.7. The third-order valence-electron chi connectivity index (χ3n) is 4.01. The van der Waals surface area contributed by atoms with Gasteiger partial charge in [0.15, 0.2) is 5.82 Å². The Kier molecular flexibility index (Phi) is 6.02. The van der Waals surface area contributed by atoms with Crippen LogP contribution in [0.4, 0.5) is 0 Å². The highest BCUT2D eigenvalue weighted by atomic mass is 16.6. The van der Waals surface area contributed by atoms with Crippen molar-refractivity contribution in [2.24, 2.45) is 0 Å². The molecule has 0 fully saturated rings. The summed E-state index contributed by atoms with van der Waals surface area (Å²) in [4.78, 5) is 16.8. The van der Waals surface area contributed by atoms with Gasteiger partial charge in [-0.05, 0) is 42.3 Å². The molecule has 2 aromatic heterocycles. The summed E-state index contributed by atoms with van der Waals surface area (Å²) in [5.74, 6) is 0.867. The van der Waals surface area contributed by atoms with E-state index >= 15 is 0 Å². The minimum absolute atomic E-state index is 0.0574. The van der Waals surface area contributed by atoms with Crippen LogP contribution in [0.15, 0.2) is 54.9 Å².